The number of hydrogen-bond acceptors (Lipinski definition) is 2. The van der Waals surface area contributed by atoms with Crippen molar-refractivity contribution in [1.82, 2.24) is 14.8 Å². The predicted molar refractivity (Wildman–Crippen MR) is 114 cm³/mol. The summed E-state index contributed by atoms with van der Waals surface area (Å²) < 4.78 is 1.55. The van der Waals surface area contributed by atoms with Gasteiger partial charge in [0.2, 0.25) is 0 Å². The highest BCUT2D eigenvalue weighted by Gasteiger charge is 2.14. The lowest BCUT2D eigenvalue weighted by atomic mass is 9.86. The van der Waals surface area contributed by atoms with Crippen LogP contribution in [0.2, 0.25) is 0 Å². The molecule has 5 nitrogen and oxygen atoms in total. The van der Waals surface area contributed by atoms with Crippen LogP contribution in [-0.4, -0.2) is 14.8 Å². The average Bonchev–Trinajstić information content (AvgIpc) is 2.96. The van der Waals surface area contributed by atoms with Crippen molar-refractivity contribution in [3.05, 3.63) is 97.3 Å². The van der Waals surface area contributed by atoms with E-state index >= 15 is 0 Å². The Balaban J connectivity index is 2.07. The molecule has 0 fully saturated rings. The molecule has 2 N–H and O–H groups in total. The summed E-state index contributed by atoms with van der Waals surface area (Å²) in [5.41, 5.74) is 5.10. The molecule has 2 heterocycles. The van der Waals surface area contributed by atoms with E-state index in [2.05, 4.69) is 55.1 Å². The second-order valence-electron chi connectivity index (χ2n) is 8.20. The van der Waals surface area contributed by atoms with E-state index in [0.29, 0.717) is 17.7 Å². The average molecular weight is 377 g/mol. The van der Waals surface area contributed by atoms with Crippen LogP contribution in [0.1, 0.15) is 48.7 Å². The number of H-pyrrole nitrogens is 2. The minimum Gasteiger partial charge on any atom is -0.322 e. The number of benzene rings is 1. The Labute approximate surface area is 164 Å². The Bertz CT molecular complexity index is 1120. The van der Waals surface area contributed by atoms with Crippen molar-refractivity contribution in [2.45, 2.75) is 46.6 Å². The fraction of sp³-hybridized carbons (Fsp3) is 0.304. The van der Waals surface area contributed by atoms with Gasteiger partial charge < -0.3 is 10.1 Å². The van der Waals surface area contributed by atoms with Gasteiger partial charge in [-0.15, -0.1) is 0 Å². The third kappa shape index (κ3) is 4.09. The molecule has 0 aliphatic heterocycles. The van der Waals surface area contributed by atoms with E-state index in [1.54, 1.807) is 24.7 Å². The van der Waals surface area contributed by atoms with Crippen molar-refractivity contribution < 1.29 is 0 Å². The minimum absolute atomic E-state index is 0.0453. The molecule has 0 saturated heterocycles. The van der Waals surface area contributed by atoms with E-state index in [4.69, 9.17) is 0 Å². The molecule has 3 rings (SSSR count). The van der Waals surface area contributed by atoms with Crippen molar-refractivity contribution in [3.63, 3.8) is 0 Å². The van der Waals surface area contributed by atoms with Gasteiger partial charge in [0.05, 0.1) is 6.54 Å². The first kappa shape index (κ1) is 19.7. The van der Waals surface area contributed by atoms with Crippen LogP contribution in [0.3, 0.4) is 0 Å². The molecule has 0 atom stereocenters. The van der Waals surface area contributed by atoms with Crippen LogP contribution < -0.4 is 11.1 Å². The van der Waals surface area contributed by atoms with Crippen LogP contribution in [0, 0.1) is 13.8 Å². The molecule has 3 aromatic rings. The Morgan fingerprint density at radius 3 is 2.21 bits per heavy atom. The molecule has 0 spiro atoms. The molecule has 0 unspecified atom stereocenters. The van der Waals surface area contributed by atoms with Gasteiger partial charge in [0, 0.05) is 28.6 Å². The van der Waals surface area contributed by atoms with Gasteiger partial charge in [-0.25, -0.2) is 4.68 Å². The number of aryl methyl sites for hydroxylation is 2. The summed E-state index contributed by atoms with van der Waals surface area (Å²) in [4.78, 5) is 27.3. The lowest BCUT2D eigenvalue weighted by Crippen LogP contribution is -2.17. The molecular formula is C23H27N3O2. The third-order valence-corrected chi connectivity index (χ3v) is 4.96. The summed E-state index contributed by atoms with van der Waals surface area (Å²) in [7, 11) is 0. The highest BCUT2D eigenvalue weighted by molar-refractivity contribution is 5.78. The van der Waals surface area contributed by atoms with Crippen molar-refractivity contribution in [3.8, 4) is 0 Å². The number of aromatic amines is 2. The van der Waals surface area contributed by atoms with Gasteiger partial charge in [-0.2, -0.15) is 0 Å². The first-order valence-electron chi connectivity index (χ1n) is 9.43. The van der Waals surface area contributed by atoms with Crippen molar-refractivity contribution in [2.75, 3.05) is 0 Å². The van der Waals surface area contributed by atoms with Gasteiger partial charge >= 0.3 is 0 Å². The number of pyridine rings is 1. The van der Waals surface area contributed by atoms with E-state index in [1.807, 2.05) is 18.2 Å². The lowest BCUT2D eigenvalue weighted by Gasteiger charge is -2.19. The van der Waals surface area contributed by atoms with Crippen LogP contribution in [0.4, 0.5) is 0 Å². The minimum atomic E-state index is -0.109. The van der Waals surface area contributed by atoms with Crippen molar-refractivity contribution in [1.29, 1.82) is 0 Å². The van der Waals surface area contributed by atoms with Crippen LogP contribution in [-0.2, 0) is 12.0 Å². The zero-order valence-corrected chi connectivity index (χ0v) is 17.1. The highest BCUT2D eigenvalue weighted by atomic mass is 16.1. The molecule has 2 aromatic heterocycles. The van der Waals surface area contributed by atoms with Crippen LogP contribution in [0.15, 0.2) is 58.3 Å². The normalized spacial score (nSPS) is 12.4. The molecule has 0 aliphatic rings. The first-order valence-corrected chi connectivity index (χ1v) is 9.43. The summed E-state index contributed by atoms with van der Waals surface area (Å²) in [6.45, 7) is 10.5. The fourth-order valence-electron chi connectivity index (χ4n) is 3.06. The number of aromatic nitrogens is 3. The summed E-state index contributed by atoms with van der Waals surface area (Å²) in [5.74, 6) is 0. The molecular weight excluding hydrogens is 350 g/mol. The third-order valence-electron chi connectivity index (χ3n) is 4.96. The quantitative estimate of drug-likeness (QED) is 0.724. The van der Waals surface area contributed by atoms with E-state index in [0.717, 1.165) is 16.8 Å². The lowest BCUT2D eigenvalue weighted by molar-refractivity contribution is 0.590. The largest absolute Gasteiger partial charge is 0.322 e. The molecule has 5 heteroatoms. The topological polar surface area (TPSA) is 70.7 Å². The summed E-state index contributed by atoms with van der Waals surface area (Å²) in [6.07, 6.45) is 3.66. The van der Waals surface area contributed by atoms with Crippen LogP contribution in [0.25, 0.3) is 5.57 Å². The Hall–Kier alpha value is -3.08. The SMILES string of the molecule is Cc1ccc(/C(=C/Cn2[nH]cc(C)c2=O)c2ccc(C(C)(C)C)cc2)[nH]c1=O. The number of allylic oxidation sites excluding steroid dienone is 1. The Morgan fingerprint density at radius 2 is 1.68 bits per heavy atom. The van der Waals surface area contributed by atoms with Gasteiger partial charge in [-0.1, -0.05) is 57.2 Å². The summed E-state index contributed by atoms with van der Waals surface area (Å²) in [5, 5.41) is 2.97. The van der Waals surface area contributed by atoms with Crippen LogP contribution >= 0.6 is 0 Å². The molecule has 0 bridgehead atoms. The fourth-order valence-corrected chi connectivity index (χ4v) is 3.06. The highest BCUT2D eigenvalue weighted by Crippen LogP contribution is 2.26. The monoisotopic (exact) mass is 377 g/mol. The van der Waals surface area contributed by atoms with Crippen LogP contribution in [0.5, 0.6) is 0 Å². The van der Waals surface area contributed by atoms with Gasteiger partial charge in [-0.05, 0) is 36.5 Å². The maximum atomic E-state index is 12.2. The van der Waals surface area contributed by atoms with Crippen molar-refractivity contribution in [2.24, 2.45) is 0 Å². The molecule has 1 aromatic carbocycles. The second-order valence-corrected chi connectivity index (χ2v) is 8.20. The molecule has 146 valence electrons. The second kappa shape index (κ2) is 7.50. The zero-order chi connectivity index (χ0) is 20.5. The van der Waals surface area contributed by atoms with Gasteiger partial charge in [-0.3, -0.25) is 9.59 Å². The number of nitrogens with zero attached hydrogens (tertiary/aromatic N) is 1. The molecule has 0 aliphatic carbocycles. The Kier molecular flexibility index (Phi) is 5.27. The zero-order valence-electron chi connectivity index (χ0n) is 17.1. The molecule has 0 amide bonds. The van der Waals surface area contributed by atoms with Gasteiger partial charge in [0.1, 0.15) is 0 Å². The molecule has 0 saturated carbocycles. The molecule has 28 heavy (non-hydrogen) atoms. The standard InChI is InChI=1S/C23H27N3O2/c1-15-6-11-20(25-21(15)27)19(12-13-26-22(28)16(2)14-24-26)17-7-9-18(10-8-17)23(3,4)5/h6-12,14,24H,13H2,1-5H3,(H,25,27)/b19-12+. The number of rotatable bonds is 4. The van der Waals surface area contributed by atoms with Crippen molar-refractivity contribution >= 4 is 5.57 Å². The predicted octanol–water partition coefficient (Wildman–Crippen LogP) is 3.91. The van der Waals surface area contributed by atoms with Gasteiger partial charge in [0.25, 0.3) is 11.1 Å². The van der Waals surface area contributed by atoms with E-state index < -0.39 is 0 Å². The first-order chi connectivity index (χ1) is 13.2. The van der Waals surface area contributed by atoms with E-state index in [-0.39, 0.29) is 16.5 Å². The summed E-state index contributed by atoms with van der Waals surface area (Å²) >= 11 is 0. The van der Waals surface area contributed by atoms with Gasteiger partial charge in [0.15, 0.2) is 0 Å². The maximum Gasteiger partial charge on any atom is 0.269 e. The number of hydrogen-bond donors (Lipinski definition) is 2. The van der Waals surface area contributed by atoms with E-state index in [9.17, 15) is 9.59 Å². The Morgan fingerprint density at radius 1 is 1.00 bits per heavy atom. The smallest absolute Gasteiger partial charge is 0.269 e. The number of nitrogens with one attached hydrogen (secondary N) is 2. The van der Waals surface area contributed by atoms with E-state index in [1.165, 1.54) is 5.56 Å². The molecule has 0 radical (unpaired) electrons. The maximum absolute atomic E-state index is 12.2. The summed E-state index contributed by atoms with van der Waals surface area (Å²) in [6, 6.07) is 12.1.